The van der Waals surface area contributed by atoms with E-state index in [2.05, 4.69) is 18.6 Å². The molecule has 52 valence electrons. The van der Waals surface area contributed by atoms with Crippen LogP contribution in [0.5, 0.6) is 0 Å². The molecule has 0 saturated carbocycles. The zero-order chi connectivity index (χ0) is 7.56. The molecule has 0 amide bonds. The van der Waals surface area contributed by atoms with E-state index in [1.165, 1.54) is 0 Å². The number of aromatic nitrogens is 1. The highest BCUT2D eigenvalue weighted by Crippen LogP contribution is 1.79. The van der Waals surface area contributed by atoms with Crippen molar-refractivity contribution in [2.75, 3.05) is 0 Å². The van der Waals surface area contributed by atoms with Gasteiger partial charge in [0.05, 0.1) is 0 Å². The molecule has 0 aromatic carbocycles. The van der Waals surface area contributed by atoms with E-state index < -0.39 is 0 Å². The largest absolute Gasteiger partial charge is 0.329 e. The summed E-state index contributed by atoms with van der Waals surface area (Å²) in [6, 6.07) is 3.55. The SMILES string of the molecule is CB(C)c1cc[nH]c(=O)c1. The van der Waals surface area contributed by atoms with Gasteiger partial charge >= 0.3 is 0 Å². The van der Waals surface area contributed by atoms with E-state index in [0.29, 0.717) is 6.71 Å². The van der Waals surface area contributed by atoms with Gasteiger partial charge in [-0.05, 0) is 6.07 Å². The Kier molecular flexibility index (Phi) is 1.95. The number of nitrogens with one attached hydrogen (secondary N) is 1. The van der Waals surface area contributed by atoms with Gasteiger partial charge in [0.1, 0.15) is 0 Å². The minimum absolute atomic E-state index is 0.0220. The number of rotatable bonds is 1. The fraction of sp³-hybridized carbons (Fsp3) is 0.286. The maximum Gasteiger partial charge on any atom is 0.247 e. The number of H-pyrrole nitrogens is 1. The Morgan fingerprint density at radius 1 is 1.50 bits per heavy atom. The quantitative estimate of drug-likeness (QED) is 0.553. The lowest BCUT2D eigenvalue weighted by Crippen LogP contribution is -2.26. The normalized spacial score (nSPS) is 9.40. The monoisotopic (exact) mass is 135 g/mol. The summed E-state index contributed by atoms with van der Waals surface area (Å²) in [6.07, 6.45) is 1.68. The molecule has 0 fully saturated rings. The van der Waals surface area contributed by atoms with Gasteiger partial charge in [-0.15, -0.1) is 0 Å². The first kappa shape index (κ1) is 7.13. The highest BCUT2D eigenvalue weighted by atomic mass is 16.1. The maximum absolute atomic E-state index is 10.7. The molecule has 2 nitrogen and oxygen atoms in total. The second kappa shape index (κ2) is 2.73. The Hall–Kier alpha value is -0.985. The van der Waals surface area contributed by atoms with Gasteiger partial charge in [-0.3, -0.25) is 4.79 Å². The van der Waals surface area contributed by atoms with Gasteiger partial charge in [0, 0.05) is 6.20 Å². The standard InChI is InChI=1S/C7H10BNO/c1-8(2)6-3-4-9-7(10)5-6/h3-5H,1-2H3,(H,9,10). The number of pyridine rings is 1. The van der Waals surface area contributed by atoms with Crippen LogP contribution in [0, 0.1) is 0 Å². The van der Waals surface area contributed by atoms with Crippen molar-refractivity contribution in [3.05, 3.63) is 28.7 Å². The molecule has 0 aliphatic heterocycles. The molecule has 1 aromatic heterocycles. The van der Waals surface area contributed by atoms with Crippen molar-refractivity contribution < 1.29 is 0 Å². The van der Waals surface area contributed by atoms with E-state index in [0.717, 1.165) is 5.46 Å². The Morgan fingerprint density at radius 2 is 2.20 bits per heavy atom. The molecule has 3 heteroatoms. The molecule has 1 aromatic rings. The number of hydrogen-bond acceptors (Lipinski definition) is 1. The van der Waals surface area contributed by atoms with Crippen molar-refractivity contribution in [3.8, 4) is 0 Å². The molecular weight excluding hydrogens is 125 g/mol. The first-order valence-electron chi connectivity index (χ1n) is 3.39. The molecule has 0 spiro atoms. The molecular formula is C7H10BNO. The van der Waals surface area contributed by atoms with Gasteiger partial charge in [0.25, 0.3) is 0 Å². The van der Waals surface area contributed by atoms with Crippen LogP contribution in [0.2, 0.25) is 13.6 Å². The van der Waals surface area contributed by atoms with E-state index in [4.69, 9.17) is 0 Å². The zero-order valence-electron chi connectivity index (χ0n) is 6.22. The van der Waals surface area contributed by atoms with E-state index in [-0.39, 0.29) is 5.56 Å². The molecule has 1 heterocycles. The fourth-order valence-corrected chi connectivity index (χ4v) is 0.820. The second-order valence-electron chi connectivity index (χ2n) is 2.64. The first-order valence-corrected chi connectivity index (χ1v) is 3.39. The third-order valence-electron chi connectivity index (χ3n) is 1.47. The van der Waals surface area contributed by atoms with Crippen LogP contribution in [-0.2, 0) is 0 Å². The first-order chi connectivity index (χ1) is 4.70. The van der Waals surface area contributed by atoms with Gasteiger partial charge in [0.2, 0.25) is 5.56 Å². The van der Waals surface area contributed by atoms with Crippen LogP contribution < -0.4 is 11.0 Å². The van der Waals surface area contributed by atoms with E-state index in [1.54, 1.807) is 12.3 Å². The average molecular weight is 135 g/mol. The summed E-state index contributed by atoms with van der Waals surface area (Å²) in [6.45, 7) is 4.56. The Morgan fingerprint density at radius 3 is 2.60 bits per heavy atom. The summed E-state index contributed by atoms with van der Waals surface area (Å²) in [5, 5.41) is 0. The molecule has 1 rings (SSSR count). The van der Waals surface area contributed by atoms with Crippen LogP contribution in [0.1, 0.15) is 0 Å². The molecule has 0 bridgehead atoms. The number of aromatic amines is 1. The summed E-state index contributed by atoms with van der Waals surface area (Å²) >= 11 is 0. The molecule has 0 aliphatic carbocycles. The maximum atomic E-state index is 10.7. The summed E-state index contributed by atoms with van der Waals surface area (Å²) < 4.78 is 0. The Labute approximate surface area is 60.4 Å². The second-order valence-corrected chi connectivity index (χ2v) is 2.64. The van der Waals surface area contributed by atoms with Gasteiger partial charge < -0.3 is 4.98 Å². The van der Waals surface area contributed by atoms with Gasteiger partial charge in [-0.1, -0.05) is 25.2 Å². The minimum atomic E-state index is -0.0220. The van der Waals surface area contributed by atoms with Crippen molar-refractivity contribution >= 4 is 12.2 Å². The van der Waals surface area contributed by atoms with Crippen molar-refractivity contribution in [3.63, 3.8) is 0 Å². The van der Waals surface area contributed by atoms with Crippen molar-refractivity contribution in [1.82, 2.24) is 4.98 Å². The van der Waals surface area contributed by atoms with Crippen LogP contribution in [0.15, 0.2) is 23.1 Å². The van der Waals surface area contributed by atoms with Crippen molar-refractivity contribution in [2.45, 2.75) is 13.6 Å². The predicted molar refractivity (Wildman–Crippen MR) is 44.2 cm³/mol. The predicted octanol–water partition coefficient (Wildman–Crippen LogP) is 0.336. The third kappa shape index (κ3) is 1.50. The highest BCUT2D eigenvalue weighted by Gasteiger charge is 2.00. The van der Waals surface area contributed by atoms with Crippen LogP contribution in [-0.4, -0.2) is 11.7 Å². The average Bonchev–Trinajstić information content (AvgIpc) is 1.88. The lowest BCUT2D eigenvalue weighted by Gasteiger charge is -1.97. The topological polar surface area (TPSA) is 32.9 Å². The molecule has 10 heavy (non-hydrogen) atoms. The van der Waals surface area contributed by atoms with E-state index in [1.807, 2.05) is 6.07 Å². The third-order valence-corrected chi connectivity index (χ3v) is 1.47. The lowest BCUT2D eigenvalue weighted by molar-refractivity contribution is 1.25. The summed E-state index contributed by atoms with van der Waals surface area (Å²) in [4.78, 5) is 13.3. The molecule has 0 atom stereocenters. The van der Waals surface area contributed by atoms with Crippen LogP contribution in [0.25, 0.3) is 0 Å². The summed E-state index contributed by atoms with van der Waals surface area (Å²) in [5.74, 6) is 0. The molecule has 0 unspecified atom stereocenters. The lowest BCUT2D eigenvalue weighted by atomic mass is 9.50. The van der Waals surface area contributed by atoms with E-state index >= 15 is 0 Å². The fourth-order valence-electron chi connectivity index (χ4n) is 0.820. The van der Waals surface area contributed by atoms with Crippen LogP contribution in [0.3, 0.4) is 0 Å². The zero-order valence-corrected chi connectivity index (χ0v) is 6.22. The minimum Gasteiger partial charge on any atom is -0.329 e. The highest BCUT2D eigenvalue weighted by molar-refractivity contribution is 6.70. The summed E-state index contributed by atoms with van der Waals surface area (Å²) in [7, 11) is 0. The van der Waals surface area contributed by atoms with Gasteiger partial charge in [0.15, 0.2) is 6.71 Å². The molecule has 0 aliphatic rings. The summed E-state index contributed by atoms with van der Waals surface area (Å²) in [5.41, 5.74) is 1.06. The van der Waals surface area contributed by atoms with Crippen molar-refractivity contribution in [2.24, 2.45) is 0 Å². The van der Waals surface area contributed by atoms with Gasteiger partial charge in [-0.25, -0.2) is 0 Å². The van der Waals surface area contributed by atoms with Crippen molar-refractivity contribution in [1.29, 1.82) is 0 Å². The van der Waals surface area contributed by atoms with Crippen LogP contribution >= 0.6 is 0 Å². The smallest absolute Gasteiger partial charge is 0.247 e. The Balaban J connectivity index is 3.07. The van der Waals surface area contributed by atoms with Crippen LogP contribution in [0.4, 0.5) is 0 Å². The number of hydrogen-bond donors (Lipinski definition) is 1. The molecule has 0 radical (unpaired) electrons. The molecule has 0 saturated heterocycles. The Bertz CT molecular complexity index is 266. The molecule has 1 N–H and O–H groups in total. The van der Waals surface area contributed by atoms with Gasteiger partial charge in [-0.2, -0.15) is 0 Å². The van der Waals surface area contributed by atoms with E-state index in [9.17, 15) is 4.79 Å².